The van der Waals surface area contributed by atoms with Gasteiger partial charge in [-0.25, -0.2) is 12.8 Å². The molecule has 2 N–H and O–H groups in total. The first-order chi connectivity index (χ1) is 9.50. The topological polar surface area (TPSA) is 72.6 Å². The number of hydrogen-bond acceptors (Lipinski definition) is 4. The number of nitrogens with two attached hydrogens (primary N) is 1. The molecule has 0 radical (unpaired) electrons. The molecule has 0 aromatic heterocycles. The zero-order chi connectivity index (χ0) is 14.8. The van der Waals surface area contributed by atoms with Gasteiger partial charge in [-0.15, -0.1) is 0 Å². The van der Waals surface area contributed by atoms with Crippen molar-refractivity contribution in [3.05, 3.63) is 29.6 Å². The summed E-state index contributed by atoms with van der Waals surface area (Å²) >= 11 is 0. The number of ether oxygens (including phenoxy) is 1. The van der Waals surface area contributed by atoms with Gasteiger partial charge in [0.25, 0.3) is 0 Å². The Kier molecular flexibility index (Phi) is 4.74. The average Bonchev–Trinajstić information content (AvgIpc) is 2.47. The molecule has 1 aromatic rings. The van der Waals surface area contributed by atoms with Gasteiger partial charge < -0.3 is 10.5 Å². The highest BCUT2D eigenvalue weighted by atomic mass is 32.2. The summed E-state index contributed by atoms with van der Waals surface area (Å²) in [6.07, 6.45) is 1.44. The van der Waals surface area contributed by atoms with Crippen LogP contribution < -0.4 is 5.73 Å². The maximum absolute atomic E-state index is 13.7. The average molecular weight is 302 g/mol. The van der Waals surface area contributed by atoms with E-state index in [0.29, 0.717) is 13.1 Å². The highest BCUT2D eigenvalue weighted by molar-refractivity contribution is 7.89. The quantitative estimate of drug-likeness (QED) is 0.903. The number of hydrogen-bond donors (Lipinski definition) is 1. The highest BCUT2D eigenvalue weighted by Crippen LogP contribution is 2.25. The first kappa shape index (κ1) is 15.4. The summed E-state index contributed by atoms with van der Waals surface area (Å²) in [6, 6.07) is 4.01. The van der Waals surface area contributed by atoms with E-state index in [4.69, 9.17) is 10.5 Å². The van der Waals surface area contributed by atoms with Crippen LogP contribution in [-0.4, -0.2) is 39.0 Å². The van der Waals surface area contributed by atoms with E-state index in [0.717, 1.165) is 12.8 Å². The molecule has 0 amide bonds. The SMILES string of the molecule is COC1CCCN(S(=O)(=O)c2cccc(F)c2CN)C1. The lowest BCUT2D eigenvalue weighted by atomic mass is 10.1. The monoisotopic (exact) mass is 302 g/mol. The van der Waals surface area contributed by atoms with Gasteiger partial charge in [0.2, 0.25) is 10.0 Å². The molecular weight excluding hydrogens is 283 g/mol. The van der Waals surface area contributed by atoms with Crippen LogP contribution >= 0.6 is 0 Å². The molecule has 2 rings (SSSR count). The molecule has 1 atom stereocenters. The zero-order valence-corrected chi connectivity index (χ0v) is 12.2. The molecule has 0 saturated carbocycles. The molecule has 1 aliphatic rings. The van der Waals surface area contributed by atoms with Crippen molar-refractivity contribution in [1.29, 1.82) is 0 Å². The Balaban J connectivity index is 2.38. The van der Waals surface area contributed by atoms with Gasteiger partial charge in [0.05, 0.1) is 11.0 Å². The molecule has 1 heterocycles. The predicted molar refractivity (Wildman–Crippen MR) is 73.1 cm³/mol. The zero-order valence-electron chi connectivity index (χ0n) is 11.4. The van der Waals surface area contributed by atoms with E-state index in [1.165, 1.54) is 22.5 Å². The maximum Gasteiger partial charge on any atom is 0.243 e. The summed E-state index contributed by atoms with van der Waals surface area (Å²) in [6.45, 7) is 0.560. The molecule has 1 saturated heterocycles. The lowest BCUT2D eigenvalue weighted by molar-refractivity contribution is 0.0571. The van der Waals surface area contributed by atoms with Crippen LogP contribution in [-0.2, 0) is 21.3 Å². The van der Waals surface area contributed by atoms with Gasteiger partial charge in [0, 0.05) is 32.3 Å². The molecule has 0 spiro atoms. The third-order valence-corrected chi connectivity index (χ3v) is 5.52. The molecule has 1 aliphatic heterocycles. The fourth-order valence-corrected chi connectivity index (χ4v) is 4.19. The summed E-state index contributed by atoms with van der Waals surface area (Å²) in [5.74, 6) is -0.589. The third-order valence-electron chi connectivity index (χ3n) is 3.57. The Morgan fingerprint density at radius 1 is 1.50 bits per heavy atom. The summed E-state index contributed by atoms with van der Waals surface area (Å²) in [7, 11) is -2.17. The van der Waals surface area contributed by atoms with Crippen molar-refractivity contribution in [2.75, 3.05) is 20.2 Å². The molecule has 1 fully saturated rings. The molecule has 112 valence electrons. The standard InChI is InChI=1S/C13H19FN2O3S/c1-19-10-4-3-7-16(9-10)20(17,18)13-6-2-5-12(14)11(13)8-15/h2,5-6,10H,3-4,7-9,15H2,1H3. The summed E-state index contributed by atoms with van der Waals surface area (Å²) in [5, 5.41) is 0. The number of piperidine rings is 1. The van der Waals surface area contributed by atoms with Crippen LogP contribution in [0.1, 0.15) is 18.4 Å². The van der Waals surface area contributed by atoms with Crippen LogP contribution in [0.2, 0.25) is 0 Å². The summed E-state index contributed by atoms with van der Waals surface area (Å²) in [5.41, 5.74) is 5.52. The van der Waals surface area contributed by atoms with Gasteiger partial charge in [0.1, 0.15) is 5.82 Å². The fraction of sp³-hybridized carbons (Fsp3) is 0.538. The van der Waals surface area contributed by atoms with E-state index < -0.39 is 15.8 Å². The number of methoxy groups -OCH3 is 1. The van der Waals surface area contributed by atoms with Gasteiger partial charge >= 0.3 is 0 Å². The molecule has 1 aromatic carbocycles. The predicted octanol–water partition coefficient (Wildman–Crippen LogP) is 1.08. The minimum atomic E-state index is -3.74. The normalized spacial score (nSPS) is 21.1. The van der Waals surface area contributed by atoms with Crippen LogP contribution in [0, 0.1) is 5.82 Å². The Bertz CT molecular complexity index is 577. The third kappa shape index (κ3) is 2.85. The minimum absolute atomic E-state index is 0.0343. The van der Waals surface area contributed by atoms with Gasteiger partial charge in [-0.3, -0.25) is 0 Å². The lowest BCUT2D eigenvalue weighted by Crippen LogP contribution is -2.43. The van der Waals surface area contributed by atoms with Gasteiger partial charge in [0.15, 0.2) is 0 Å². The molecule has 0 bridgehead atoms. The van der Waals surface area contributed by atoms with Crippen molar-refractivity contribution in [1.82, 2.24) is 4.31 Å². The Hall–Kier alpha value is -1.02. The van der Waals surface area contributed by atoms with E-state index in [1.54, 1.807) is 7.11 Å². The smallest absolute Gasteiger partial charge is 0.243 e. The van der Waals surface area contributed by atoms with Crippen LogP contribution in [0.5, 0.6) is 0 Å². The first-order valence-corrected chi connectivity index (χ1v) is 7.95. The lowest BCUT2D eigenvalue weighted by Gasteiger charge is -2.31. The van der Waals surface area contributed by atoms with E-state index in [-0.39, 0.29) is 23.1 Å². The largest absolute Gasteiger partial charge is 0.380 e. The minimum Gasteiger partial charge on any atom is -0.380 e. The van der Waals surface area contributed by atoms with E-state index in [1.807, 2.05) is 0 Å². The van der Waals surface area contributed by atoms with Crippen molar-refractivity contribution in [3.63, 3.8) is 0 Å². The number of halogens is 1. The van der Waals surface area contributed by atoms with Gasteiger partial charge in [-0.05, 0) is 25.0 Å². The molecule has 7 heteroatoms. The number of rotatable bonds is 4. The van der Waals surface area contributed by atoms with E-state index >= 15 is 0 Å². The second-order valence-electron chi connectivity index (χ2n) is 4.78. The number of sulfonamides is 1. The van der Waals surface area contributed by atoms with E-state index in [2.05, 4.69) is 0 Å². The molecule has 0 aliphatic carbocycles. The Labute approximate surface area is 118 Å². The van der Waals surface area contributed by atoms with Gasteiger partial charge in [-0.1, -0.05) is 6.07 Å². The fourth-order valence-electron chi connectivity index (χ4n) is 2.43. The molecule has 5 nitrogen and oxygen atoms in total. The van der Waals surface area contributed by atoms with Gasteiger partial charge in [-0.2, -0.15) is 4.31 Å². The Morgan fingerprint density at radius 2 is 2.25 bits per heavy atom. The van der Waals surface area contributed by atoms with Crippen LogP contribution in [0.25, 0.3) is 0 Å². The van der Waals surface area contributed by atoms with Crippen molar-refractivity contribution in [3.8, 4) is 0 Å². The van der Waals surface area contributed by atoms with Crippen molar-refractivity contribution in [2.24, 2.45) is 5.73 Å². The van der Waals surface area contributed by atoms with Crippen LogP contribution in [0.4, 0.5) is 4.39 Å². The van der Waals surface area contributed by atoms with Crippen molar-refractivity contribution < 1.29 is 17.5 Å². The Morgan fingerprint density at radius 3 is 2.90 bits per heavy atom. The van der Waals surface area contributed by atoms with Crippen molar-refractivity contribution in [2.45, 2.75) is 30.4 Å². The second-order valence-corrected chi connectivity index (χ2v) is 6.69. The van der Waals surface area contributed by atoms with Crippen molar-refractivity contribution >= 4 is 10.0 Å². The van der Waals surface area contributed by atoms with Crippen LogP contribution in [0.3, 0.4) is 0 Å². The molecular formula is C13H19FN2O3S. The summed E-state index contributed by atoms with van der Waals surface area (Å²) in [4.78, 5) is -0.0447. The van der Waals surface area contributed by atoms with Crippen LogP contribution in [0.15, 0.2) is 23.1 Å². The molecule has 1 unspecified atom stereocenters. The molecule has 20 heavy (non-hydrogen) atoms. The summed E-state index contributed by atoms with van der Waals surface area (Å²) < 4.78 is 45.5. The highest BCUT2D eigenvalue weighted by Gasteiger charge is 2.32. The van der Waals surface area contributed by atoms with E-state index in [9.17, 15) is 12.8 Å². The first-order valence-electron chi connectivity index (χ1n) is 6.51. The number of nitrogens with zero attached hydrogens (tertiary/aromatic N) is 1. The number of benzene rings is 1. The maximum atomic E-state index is 13.7. The second kappa shape index (κ2) is 6.17.